The predicted octanol–water partition coefficient (Wildman–Crippen LogP) is 5.30. The van der Waals surface area contributed by atoms with Gasteiger partial charge in [0.2, 0.25) is 0 Å². The van der Waals surface area contributed by atoms with E-state index in [1.165, 1.54) is 12.1 Å². The van der Waals surface area contributed by atoms with Gasteiger partial charge in [-0.2, -0.15) is 0 Å². The van der Waals surface area contributed by atoms with Gasteiger partial charge in [0.25, 0.3) is 11.5 Å². The average Bonchev–Trinajstić information content (AvgIpc) is 2.88. The number of hydrogen-bond acceptors (Lipinski definition) is 4. The molecule has 0 aliphatic rings. The Kier molecular flexibility index (Phi) is 7.83. The predicted molar refractivity (Wildman–Crippen MR) is 146 cm³/mol. The fourth-order valence-corrected chi connectivity index (χ4v) is 4.53. The molecule has 4 rings (SSSR count). The van der Waals surface area contributed by atoms with Crippen LogP contribution in [0.25, 0.3) is 16.6 Å². The van der Waals surface area contributed by atoms with E-state index in [4.69, 9.17) is 4.98 Å². The van der Waals surface area contributed by atoms with Gasteiger partial charge in [0.1, 0.15) is 11.6 Å². The molecule has 6 nitrogen and oxygen atoms in total. The molecule has 1 unspecified atom stereocenters. The summed E-state index contributed by atoms with van der Waals surface area (Å²) in [6.07, 6.45) is 0.489. The molecule has 3 aromatic carbocycles. The zero-order chi connectivity index (χ0) is 26.7. The Morgan fingerprint density at radius 2 is 1.68 bits per heavy atom. The molecule has 0 bridgehead atoms. The Morgan fingerprint density at radius 1 is 0.973 bits per heavy atom. The van der Waals surface area contributed by atoms with Crippen LogP contribution < -0.4 is 5.56 Å². The van der Waals surface area contributed by atoms with E-state index in [-0.39, 0.29) is 11.1 Å². The maximum Gasteiger partial charge on any atom is 0.266 e. The number of amides is 1. The Balaban J connectivity index is 1.97. The van der Waals surface area contributed by atoms with Crippen molar-refractivity contribution < 1.29 is 9.18 Å². The lowest BCUT2D eigenvalue weighted by Crippen LogP contribution is -2.42. The van der Waals surface area contributed by atoms with Crippen molar-refractivity contribution in [2.75, 3.05) is 27.2 Å². The molecule has 0 fully saturated rings. The van der Waals surface area contributed by atoms with E-state index >= 15 is 0 Å². The topological polar surface area (TPSA) is 58.4 Å². The summed E-state index contributed by atoms with van der Waals surface area (Å²) in [4.78, 5) is 36.3. The van der Waals surface area contributed by atoms with Crippen LogP contribution in [-0.2, 0) is 0 Å². The Hall–Kier alpha value is -3.84. The zero-order valence-corrected chi connectivity index (χ0v) is 22.0. The summed E-state index contributed by atoms with van der Waals surface area (Å²) in [5, 5.41) is 0.500. The first-order valence-electron chi connectivity index (χ1n) is 12.5. The minimum Gasteiger partial charge on any atom is -0.327 e. The Bertz CT molecular complexity index is 1490. The lowest BCUT2D eigenvalue weighted by atomic mass is 10.1. The van der Waals surface area contributed by atoms with E-state index in [2.05, 4.69) is 0 Å². The van der Waals surface area contributed by atoms with Crippen molar-refractivity contribution in [2.45, 2.75) is 33.2 Å². The van der Waals surface area contributed by atoms with Crippen LogP contribution in [0, 0.1) is 19.7 Å². The first kappa shape index (κ1) is 26.2. The fraction of sp³-hybridized carbons (Fsp3) is 0.300. The second kappa shape index (κ2) is 11.0. The summed E-state index contributed by atoms with van der Waals surface area (Å²) in [5.74, 6) is -0.547. The molecule has 1 heterocycles. The number of para-hydroxylation sites is 1. The van der Waals surface area contributed by atoms with Crippen LogP contribution in [0.3, 0.4) is 0 Å². The molecule has 0 saturated heterocycles. The molecule has 37 heavy (non-hydrogen) atoms. The van der Waals surface area contributed by atoms with Gasteiger partial charge in [-0.25, -0.2) is 9.37 Å². The second-order valence-corrected chi connectivity index (χ2v) is 9.60. The second-order valence-electron chi connectivity index (χ2n) is 9.60. The van der Waals surface area contributed by atoms with Gasteiger partial charge < -0.3 is 9.80 Å². The maximum absolute atomic E-state index is 14.7. The van der Waals surface area contributed by atoms with Crippen molar-refractivity contribution in [2.24, 2.45) is 0 Å². The van der Waals surface area contributed by atoms with E-state index in [9.17, 15) is 14.0 Å². The molecule has 0 aliphatic heterocycles. The van der Waals surface area contributed by atoms with Crippen LogP contribution in [-0.4, -0.2) is 52.4 Å². The number of halogens is 1. The number of aromatic nitrogens is 2. The number of aryl methyl sites for hydroxylation is 2. The number of carbonyl (C=O) groups excluding carboxylic acids is 1. The maximum atomic E-state index is 14.7. The van der Waals surface area contributed by atoms with Crippen LogP contribution in [0.1, 0.15) is 46.7 Å². The van der Waals surface area contributed by atoms with E-state index in [0.29, 0.717) is 41.9 Å². The van der Waals surface area contributed by atoms with Gasteiger partial charge in [-0.15, -0.1) is 0 Å². The molecule has 4 aromatic rings. The molecule has 1 atom stereocenters. The number of hydrogen-bond donors (Lipinski definition) is 0. The van der Waals surface area contributed by atoms with Gasteiger partial charge in [0, 0.05) is 13.1 Å². The minimum absolute atomic E-state index is 0.000530. The molecule has 0 spiro atoms. The van der Waals surface area contributed by atoms with Crippen LogP contribution in [0.5, 0.6) is 0 Å². The monoisotopic (exact) mass is 500 g/mol. The summed E-state index contributed by atoms with van der Waals surface area (Å²) >= 11 is 0. The molecule has 0 N–H and O–H groups in total. The quantitative estimate of drug-likeness (QED) is 0.330. The smallest absolute Gasteiger partial charge is 0.266 e. The normalized spacial score (nSPS) is 12.2. The van der Waals surface area contributed by atoms with Crippen LogP contribution in [0.15, 0.2) is 71.5 Å². The van der Waals surface area contributed by atoms with E-state index < -0.39 is 17.8 Å². The largest absolute Gasteiger partial charge is 0.327 e. The molecular formula is C30H33FN4O2. The van der Waals surface area contributed by atoms with Gasteiger partial charge in [-0.1, -0.05) is 37.3 Å². The number of carbonyl (C=O) groups is 1. The van der Waals surface area contributed by atoms with Crippen LogP contribution in [0.2, 0.25) is 0 Å². The van der Waals surface area contributed by atoms with E-state index in [1.807, 2.05) is 70.1 Å². The minimum atomic E-state index is -0.574. The summed E-state index contributed by atoms with van der Waals surface area (Å²) in [6.45, 7) is 6.88. The molecule has 7 heteroatoms. The van der Waals surface area contributed by atoms with Gasteiger partial charge in [0.05, 0.1) is 28.2 Å². The molecule has 0 radical (unpaired) electrons. The number of nitrogens with zero attached hydrogens (tertiary/aromatic N) is 4. The van der Waals surface area contributed by atoms with Gasteiger partial charge in [0.15, 0.2) is 0 Å². The lowest BCUT2D eigenvalue weighted by molar-refractivity contribution is 0.0639. The Morgan fingerprint density at radius 3 is 2.35 bits per heavy atom. The van der Waals surface area contributed by atoms with Crippen molar-refractivity contribution >= 4 is 16.8 Å². The molecule has 1 amide bonds. The molecular weight excluding hydrogens is 467 g/mol. The summed E-state index contributed by atoms with van der Waals surface area (Å²) < 4.78 is 16.4. The third-order valence-corrected chi connectivity index (χ3v) is 6.76. The van der Waals surface area contributed by atoms with E-state index in [0.717, 1.165) is 11.1 Å². The number of benzene rings is 3. The van der Waals surface area contributed by atoms with E-state index in [1.54, 1.807) is 33.7 Å². The average molecular weight is 501 g/mol. The Labute approximate surface area is 217 Å². The van der Waals surface area contributed by atoms with Crippen LogP contribution >= 0.6 is 0 Å². The fourth-order valence-electron chi connectivity index (χ4n) is 4.53. The van der Waals surface area contributed by atoms with Crippen molar-refractivity contribution in [3.8, 4) is 5.69 Å². The van der Waals surface area contributed by atoms with Gasteiger partial charge in [-0.05, 0) is 81.9 Å². The van der Waals surface area contributed by atoms with Crippen molar-refractivity contribution in [1.82, 2.24) is 19.4 Å². The lowest BCUT2D eigenvalue weighted by Gasteiger charge is -2.33. The van der Waals surface area contributed by atoms with Gasteiger partial charge in [-0.3, -0.25) is 14.2 Å². The zero-order valence-electron chi connectivity index (χ0n) is 22.0. The summed E-state index contributed by atoms with van der Waals surface area (Å²) in [5.41, 5.74) is 3.20. The molecule has 0 saturated carbocycles. The summed E-state index contributed by atoms with van der Waals surface area (Å²) in [6, 6.07) is 18.5. The highest BCUT2D eigenvalue weighted by atomic mass is 19.1. The van der Waals surface area contributed by atoms with Crippen molar-refractivity contribution in [3.63, 3.8) is 0 Å². The SMILES string of the molecule is CCC(c1nc2ccccc2c(=O)n1-c1ccc(C)c(C)c1)N(CCN(C)C)C(=O)c1ccccc1F. The highest BCUT2D eigenvalue weighted by molar-refractivity contribution is 5.94. The standard InChI is InChI=1S/C30H33FN4O2/c1-6-27(34(18-17-33(4)5)29(36)23-11-7-9-13-25(23)31)28-32-26-14-10-8-12-24(26)30(37)35(28)22-16-15-20(2)21(3)19-22/h7-16,19,27H,6,17-18H2,1-5H3. The molecule has 192 valence electrons. The van der Waals surface area contributed by atoms with Crippen molar-refractivity contribution in [1.29, 1.82) is 0 Å². The van der Waals surface area contributed by atoms with Crippen LogP contribution in [0.4, 0.5) is 4.39 Å². The number of fused-ring (bicyclic) bond motifs is 1. The molecule has 0 aliphatic carbocycles. The highest BCUT2D eigenvalue weighted by Crippen LogP contribution is 2.28. The summed E-state index contributed by atoms with van der Waals surface area (Å²) in [7, 11) is 3.85. The third-order valence-electron chi connectivity index (χ3n) is 6.76. The first-order valence-corrected chi connectivity index (χ1v) is 12.5. The number of likely N-dealkylation sites (N-methyl/N-ethyl adjacent to an activating group) is 1. The highest BCUT2D eigenvalue weighted by Gasteiger charge is 2.31. The molecule has 1 aromatic heterocycles. The van der Waals surface area contributed by atoms with Crippen molar-refractivity contribution in [3.05, 3.63) is 105 Å². The third kappa shape index (κ3) is 5.32. The first-order chi connectivity index (χ1) is 17.7. The number of rotatable bonds is 8. The van der Waals surface area contributed by atoms with Gasteiger partial charge >= 0.3 is 0 Å².